The molecule has 32 heavy (non-hydrogen) atoms. The van der Waals surface area contributed by atoms with Crippen LogP contribution in [0.2, 0.25) is 0 Å². The third-order valence-electron chi connectivity index (χ3n) is 4.07. The molecule has 11 heteroatoms. The maximum absolute atomic E-state index is 12.1. The number of aromatic nitrogens is 2. The zero-order valence-corrected chi connectivity index (χ0v) is 19.0. The van der Waals surface area contributed by atoms with Gasteiger partial charge in [0.15, 0.2) is 0 Å². The van der Waals surface area contributed by atoms with E-state index in [0.29, 0.717) is 41.9 Å². The average molecular weight is 476 g/mol. The van der Waals surface area contributed by atoms with Crippen LogP contribution >= 0.6 is 11.3 Å². The maximum Gasteiger partial charge on any atom is 0.410 e. The Morgan fingerprint density at radius 3 is 2.75 bits per heavy atom. The number of carbonyl (C=O) groups excluding carboxylic acids is 1. The summed E-state index contributed by atoms with van der Waals surface area (Å²) in [5.41, 5.74) is 1.46. The highest BCUT2D eigenvalue weighted by atomic mass is 32.2. The van der Waals surface area contributed by atoms with Gasteiger partial charge in [-0.1, -0.05) is 23.1 Å². The highest BCUT2D eigenvalue weighted by Gasteiger charge is 2.12. The van der Waals surface area contributed by atoms with Gasteiger partial charge in [0.05, 0.1) is 18.8 Å². The molecule has 2 heterocycles. The van der Waals surface area contributed by atoms with Gasteiger partial charge in [-0.2, -0.15) is 4.98 Å². The number of rotatable bonds is 10. The summed E-state index contributed by atoms with van der Waals surface area (Å²) in [6, 6.07) is 10.5. The molecule has 0 saturated heterocycles. The number of nitrogens with one attached hydrogen (secondary N) is 1. The second-order valence-electron chi connectivity index (χ2n) is 6.36. The number of unbranched alkanes of at least 4 members (excludes halogenated alkanes) is 1. The molecule has 0 aliphatic carbocycles. The third kappa shape index (κ3) is 6.74. The van der Waals surface area contributed by atoms with Crippen molar-refractivity contribution < 1.29 is 23.6 Å². The Morgan fingerprint density at radius 2 is 2.06 bits per heavy atom. The van der Waals surface area contributed by atoms with Gasteiger partial charge in [0.25, 0.3) is 0 Å². The lowest BCUT2D eigenvalue weighted by Crippen LogP contribution is -2.05. The molecule has 2 aromatic heterocycles. The Kier molecular flexibility index (Phi) is 8.96. The fourth-order valence-corrected chi connectivity index (χ4v) is 3.96. The van der Waals surface area contributed by atoms with Crippen LogP contribution in [0.25, 0.3) is 10.4 Å². The van der Waals surface area contributed by atoms with Crippen molar-refractivity contribution >= 4 is 39.7 Å². The van der Waals surface area contributed by atoms with Gasteiger partial charge in [0, 0.05) is 23.4 Å². The van der Waals surface area contributed by atoms with Crippen LogP contribution in [0.4, 0.5) is 16.4 Å². The molecule has 9 nitrogen and oxygen atoms in total. The maximum atomic E-state index is 12.1. The summed E-state index contributed by atoms with van der Waals surface area (Å²) in [4.78, 5) is 21.6. The molecule has 2 N–H and O–H groups in total. The van der Waals surface area contributed by atoms with Crippen molar-refractivity contribution in [3.8, 4) is 16.3 Å². The van der Waals surface area contributed by atoms with E-state index in [1.54, 1.807) is 48.7 Å². The van der Waals surface area contributed by atoms with Crippen LogP contribution in [0.1, 0.15) is 19.8 Å². The van der Waals surface area contributed by atoms with Crippen molar-refractivity contribution in [3.05, 3.63) is 48.0 Å². The monoisotopic (exact) mass is 475 g/mol. The molecule has 3 aromatic rings. The molecule has 0 aliphatic heterocycles. The summed E-state index contributed by atoms with van der Waals surface area (Å²) in [6.07, 6.45) is 2.20. The van der Waals surface area contributed by atoms with E-state index in [9.17, 15) is 9.00 Å². The van der Waals surface area contributed by atoms with E-state index < -0.39 is 16.7 Å². The second kappa shape index (κ2) is 12.1. The predicted molar refractivity (Wildman–Crippen MR) is 123 cm³/mol. The van der Waals surface area contributed by atoms with Gasteiger partial charge in [-0.3, -0.25) is 4.36 Å². The highest BCUT2D eigenvalue weighted by molar-refractivity contribution is 7.75. The van der Waals surface area contributed by atoms with Crippen LogP contribution in [-0.2, 0) is 19.5 Å². The van der Waals surface area contributed by atoms with Crippen LogP contribution in [0, 0.1) is 0 Å². The summed E-state index contributed by atoms with van der Waals surface area (Å²) >= 11 is 1.56. The molecule has 1 amide bonds. The number of benzene rings is 1. The average Bonchev–Trinajstić information content (AvgIpc) is 3.32. The lowest BCUT2D eigenvalue weighted by Gasteiger charge is -2.12. The fourth-order valence-electron chi connectivity index (χ4n) is 2.57. The quantitative estimate of drug-likeness (QED) is 0.318. The number of aliphatic hydroxyl groups excluding tert-OH is 1. The fraction of sp³-hybridized carbons (Fsp3) is 0.286. The molecule has 170 valence electrons. The summed E-state index contributed by atoms with van der Waals surface area (Å²) in [7, 11) is -1.84. The predicted octanol–water partition coefficient (Wildman–Crippen LogP) is 4.76. The van der Waals surface area contributed by atoms with Crippen molar-refractivity contribution in [1.82, 2.24) is 9.97 Å². The van der Waals surface area contributed by atoms with Gasteiger partial charge in [-0.25, -0.2) is 9.78 Å². The Morgan fingerprint density at radius 1 is 1.25 bits per heavy atom. The van der Waals surface area contributed by atoms with E-state index >= 15 is 0 Å². The van der Waals surface area contributed by atoms with E-state index in [-0.39, 0.29) is 13.2 Å². The lowest BCUT2D eigenvalue weighted by molar-refractivity contribution is 0.164. The molecule has 3 rings (SSSR count). The first-order valence-electron chi connectivity index (χ1n) is 9.92. The minimum absolute atomic E-state index is 0.117. The topological polar surface area (TPSA) is 123 Å². The molecular formula is C21H23N4O5S2-. The molecule has 1 aromatic carbocycles. The molecule has 0 aliphatic rings. The van der Waals surface area contributed by atoms with Crippen LogP contribution in [0.5, 0.6) is 5.88 Å². The smallest absolute Gasteiger partial charge is 0.410 e. The van der Waals surface area contributed by atoms with Gasteiger partial charge in [0.1, 0.15) is 0 Å². The molecular weight excluding hydrogens is 452 g/mol. The first-order chi connectivity index (χ1) is 15.6. The van der Waals surface area contributed by atoms with Crippen molar-refractivity contribution in [1.29, 1.82) is 0 Å². The number of amides is 1. The molecule has 0 radical (unpaired) electrons. The zero-order chi connectivity index (χ0) is 22.8. The van der Waals surface area contributed by atoms with Crippen LogP contribution in [-0.4, -0.2) is 41.0 Å². The Hall–Kier alpha value is -3.02. The number of aliphatic hydroxyl groups is 1. The van der Waals surface area contributed by atoms with E-state index in [4.69, 9.17) is 9.84 Å². The lowest BCUT2D eigenvalue weighted by atomic mass is 10.2. The van der Waals surface area contributed by atoms with Crippen molar-refractivity contribution in [2.24, 2.45) is 4.36 Å². The molecule has 0 fully saturated rings. The molecule has 0 atom stereocenters. The standard InChI is InChI=1S/C21H23N4O5S2/c1-2-29-21(27)25-32(28)16-9-7-15(8-10-16)23-20-22-14-17(18-6-5-13-31-18)19(24-20)30-12-4-3-11-26/h5-10,13-14,26H,2-4,11-12H2,1H3,(H,22,23,24)/q-1. The van der Waals surface area contributed by atoms with Gasteiger partial charge >= 0.3 is 6.09 Å². The highest BCUT2D eigenvalue weighted by Crippen LogP contribution is 2.32. The van der Waals surface area contributed by atoms with E-state index in [1.807, 2.05) is 17.5 Å². The first kappa shape index (κ1) is 23.6. The Balaban J connectivity index is 1.75. The number of anilines is 2. The molecule has 0 bridgehead atoms. The number of thiophene rings is 1. The van der Waals surface area contributed by atoms with E-state index in [2.05, 4.69) is 24.4 Å². The summed E-state index contributed by atoms with van der Waals surface area (Å²) in [6.45, 7) is 2.36. The largest absolute Gasteiger partial charge is 0.477 e. The summed E-state index contributed by atoms with van der Waals surface area (Å²) < 4.78 is 26.1. The van der Waals surface area contributed by atoms with Gasteiger partial charge in [-0.15, -0.1) is 21.9 Å². The zero-order valence-electron chi connectivity index (χ0n) is 17.4. The van der Waals surface area contributed by atoms with Gasteiger partial charge in [0.2, 0.25) is 11.8 Å². The molecule has 0 spiro atoms. The third-order valence-corrected chi connectivity index (χ3v) is 5.96. The number of hydrogen-bond donors (Lipinski definition) is 2. The second-order valence-corrected chi connectivity index (χ2v) is 8.46. The van der Waals surface area contributed by atoms with E-state index in [1.165, 1.54) is 0 Å². The van der Waals surface area contributed by atoms with Gasteiger partial charge in [-0.05, 0) is 43.3 Å². The number of carbonyl (C=O) groups is 1. The minimum Gasteiger partial charge on any atom is -0.477 e. The van der Waals surface area contributed by atoms with Crippen LogP contribution < -0.4 is 10.1 Å². The van der Waals surface area contributed by atoms with Gasteiger partial charge < -0.3 is 24.1 Å². The molecule has 0 unspecified atom stereocenters. The summed E-state index contributed by atoms with van der Waals surface area (Å²) in [5, 5.41) is 14.0. The van der Waals surface area contributed by atoms with Crippen LogP contribution in [0.3, 0.4) is 0 Å². The molecule has 0 saturated carbocycles. The first-order valence-corrected chi connectivity index (χ1v) is 11.9. The summed E-state index contributed by atoms with van der Waals surface area (Å²) in [5.74, 6) is 0.793. The number of ether oxygens (including phenoxy) is 2. The SMILES string of the molecule is CCOC(=O)N=[S-](=O)c1ccc(Nc2ncc(-c3cccs3)c(OCCCCO)n2)cc1. The normalized spacial score (nSPS) is 11.8. The van der Waals surface area contributed by atoms with Crippen molar-refractivity contribution in [3.63, 3.8) is 0 Å². The van der Waals surface area contributed by atoms with Crippen molar-refractivity contribution in [2.75, 3.05) is 25.1 Å². The van der Waals surface area contributed by atoms with Crippen LogP contribution in [0.15, 0.2) is 57.2 Å². The Bertz CT molecular complexity index is 1100. The van der Waals surface area contributed by atoms with Crippen molar-refractivity contribution in [2.45, 2.75) is 24.7 Å². The number of hydrogen-bond acceptors (Lipinski definition) is 10. The van der Waals surface area contributed by atoms with E-state index in [0.717, 1.165) is 10.4 Å². The number of nitrogens with zero attached hydrogens (tertiary/aromatic N) is 3. The Labute approximate surface area is 191 Å². The minimum atomic E-state index is -1.84.